The average molecular weight is 335 g/mol. The van der Waals surface area contributed by atoms with Gasteiger partial charge in [0.15, 0.2) is 0 Å². The average Bonchev–Trinajstić information content (AvgIpc) is 2.87. The molecule has 0 aromatic heterocycles. The molecular formula is C20H17NO4. The monoisotopic (exact) mass is 335 g/mol. The Hall–Kier alpha value is -3.21. The molecular weight excluding hydrogens is 318 g/mol. The third kappa shape index (κ3) is 3.21. The molecule has 2 amide bonds. The van der Waals surface area contributed by atoms with E-state index >= 15 is 0 Å². The van der Waals surface area contributed by atoms with Crippen molar-refractivity contribution in [3.05, 3.63) is 77.4 Å². The molecule has 0 radical (unpaired) electrons. The van der Waals surface area contributed by atoms with Crippen molar-refractivity contribution in [1.29, 1.82) is 0 Å². The van der Waals surface area contributed by atoms with Gasteiger partial charge in [-0.05, 0) is 36.8 Å². The smallest absolute Gasteiger partial charge is 0.333 e. The molecule has 2 aromatic rings. The van der Waals surface area contributed by atoms with Crippen LogP contribution in [0.3, 0.4) is 0 Å². The van der Waals surface area contributed by atoms with E-state index in [4.69, 9.17) is 4.74 Å². The van der Waals surface area contributed by atoms with E-state index in [1.807, 2.05) is 12.1 Å². The van der Waals surface area contributed by atoms with Gasteiger partial charge < -0.3 is 4.74 Å². The third-order valence-corrected chi connectivity index (χ3v) is 3.96. The molecule has 5 heteroatoms. The number of benzene rings is 2. The SMILES string of the molecule is C=C(C)C(=O)OCCc1ccc(N2C(=O)c3ccccc3C2=O)cc1. The summed E-state index contributed by atoms with van der Waals surface area (Å²) in [6, 6.07) is 13.8. The van der Waals surface area contributed by atoms with Crippen LogP contribution in [0.1, 0.15) is 33.2 Å². The summed E-state index contributed by atoms with van der Waals surface area (Å²) in [7, 11) is 0. The summed E-state index contributed by atoms with van der Waals surface area (Å²) in [5, 5.41) is 0. The van der Waals surface area contributed by atoms with Gasteiger partial charge in [-0.15, -0.1) is 0 Å². The summed E-state index contributed by atoms with van der Waals surface area (Å²) in [5.74, 6) is -1.05. The summed E-state index contributed by atoms with van der Waals surface area (Å²) in [4.78, 5) is 37.4. The second kappa shape index (κ2) is 6.73. The minimum Gasteiger partial charge on any atom is -0.462 e. The highest BCUT2D eigenvalue weighted by Crippen LogP contribution is 2.28. The summed E-state index contributed by atoms with van der Waals surface area (Å²) >= 11 is 0. The molecule has 126 valence electrons. The lowest BCUT2D eigenvalue weighted by Crippen LogP contribution is -2.29. The topological polar surface area (TPSA) is 63.7 Å². The lowest BCUT2D eigenvalue weighted by atomic mass is 10.1. The molecule has 0 spiro atoms. The Morgan fingerprint density at radius 2 is 1.56 bits per heavy atom. The molecule has 0 unspecified atom stereocenters. The van der Waals surface area contributed by atoms with E-state index in [9.17, 15) is 14.4 Å². The van der Waals surface area contributed by atoms with Crippen LogP contribution in [0.2, 0.25) is 0 Å². The number of amides is 2. The van der Waals surface area contributed by atoms with Crippen LogP contribution in [0.25, 0.3) is 0 Å². The number of rotatable bonds is 5. The molecule has 0 N–H and O–H groups in total. The molecule has 1 heterocycles. The number of hydrogen-bond acceptors (Lipinski definition) is 4. The number of imide groups is 1. The van der Waals surface area contributed by atoms with Gasteiger partial charge in [0.1, 0.15) is 0 Å². The van der Waals surface area contributed by atoms with Gasteiger partial charge >= 0.3 is 5.97 Å². The fraction of sp³-hybridized carbons (Fsp3) is 0.150. The molecule has 1 aliphatic rings. The first-order valence-electron chi connectivity index (χ1n) is 7.88. The largest absolute Gasteiger partial charge is 0.462 e. The number of anilines is 1. The lowest BCUT2D eigenvalue weighted by molar-refractivity contribution is -0.138. The zero-order valence-corrected chi connectivity index (χ0v) is 13.8. The molecule has 25 heavy (non-hydrogen) atoms. The molecule has 0 bridgehead atoms. The van der Waals surface area contributed by atoms with Gasteiger partial charge in [0.05, 0.1) is 23.4 Å². The Labute approximate surface area is 145 Å². The number of carbonyl (C=O) groups is 3. The number of fused-ring (bicyclic) bond motifs is 1. The Bertz CT molecular complexity index is 833. The first-order chi connectivity index (χ1) is 12.0. The van der Waals surface area contributed by atoms with E-state index in [-0.39, 0.29) is 18.4 Å². The van der Waals surface area contributed by atoms with Crippen LogP contribution in [0, 0.1) is 0 Å². The summed E-state index contributed by atoms with van der Waals surface area (Å²) in [5.41, 5.74) is 2.66. The fourth-order valence-electron chi connectivity index (χ4n) is 2.62. The van der Waals surface area contributed by atoms with Crippen LogP contribution < -0.4 is 4.90 Å². The van der Waals surface area contributed by atoms with Crippen molar-refractivity contribution in [3.8, 4) is 0 Å². The van der Waals surface area contributed by atoms with Gasteiger partial charge in [0.25, 0.3) is 11.8 Å². The van der Waals surface area contributed by atoms with Gasteiger partial charge in [0, 0.05) is 12.0 Å². The molecule has 0 aliphatic carbocycles. The maximum absolute atomic E-state index is 12.4. The maximum atomic E-state index is 12.4. The number of ether oxygens (including phenoxy) is 1. The van der Waals surface area contributed by atoms with Gasteiger partial charge in [-0.3, -0.25) is 9.59 Å². The zero-order chi connectivity index (χ0) is 18.0. The third-order valence-electron chi connectivity index (χ3n) is 3.96. The molecule has 2 aromatic carbocycles. The van der Waals surface area contributed by atoms with E-state index in [0.717, 1.165) is 5.56 Å². The van der Waals surface area contributed by atoms with Crippen molar-refractivity contribution in [3.63, 3.8) is 0 Å². The fourth-order valence-corrected chi connectivity index (χ4v) is 2.62. The van der Waals surface area contributed by atoms with Crippen LogP contribution in [0.5, 0.6) is 0 Å². The van der Waals surface area contributed by atoms with Crippen molar-refractivity contribution >= 4 is 23.5 Å². The number of esters is 1. The van der Waals surface area contributed by atoms with Gasteiger partial charge in [-0.25, -0.2) is 9.69 Å². The second-order valence-electron chi connectivity index (χ2n) is 5.82. The summed E-state index contributed by atoms with van der Waals surface area (Å²) < 4.78 is 5.06. The van der Waals surface area contributed by atoms with Gasteiger partial charge in [0.2, 0.25) is 0 Å². The number of hydrogen-bond donors (Lipinski definition) is 0. The molecule has 0 atom stereocenters. The van der Waals surface area contributed by atoms with Crippen molar-refractivity contribution in [2.75, 3.05) is 11.5 Å². The van der Waals surface area contributed by atoms with E-state index in [1.54, 1.807) is 43.3 Å². The number of carbonyl (C=O) groups excluding carboxylic acids is 3. The Balaban J connectivity index is 1.69. The summed E-state index contributed by atoms with van der Waals surface area (Å²) in [6.45, 7) is 5.37. The van der Waals surface area contributed by atoms with Crippen molar-refractivity contribution in [1.82, 2.24) is 0 Å². The van der Waals surface area contributed by atoms with Crippen molar-refractivity contribution in [2.24, 2.45) is 0 Å². The minimum absolute atomic E-state index is 0.248. The van der Waals surface area contributed by atoms with E-state index in [1.165, 1.54) is 4.90 Å². The van der Waals surface area contributed by atoms with Crippen LogP contribution in [0.15, 0.2) is 60.7 Å². The molecule has 5 nitrogen and oxygen atoms in total. The second-order valence-corrected chi connectivity index (χ2v) is 5.82. The minimum atomic E-state index is -0.414. The molecule has 0 fully saturated rings. The molecule has 3 rings (SSSR count). The van der Waals surface area contributed by atoms with Crippen LogP contribution in [0.4, 0.5) is 5.69 Å². The Morgan fingerprint density at radius 3 is 2.08 bits per heavy atom. The highest BCUT2D eigenvalue weighted by atomic mass is 16.5. The first kappa shape index (κ1) is 16.6. The van der Waals surface area contributed by atoms with E-state index in [0.29, 0.717) is 28.8 Å². The predicted molar refractivity (Wildman–Crippen MR) is 93.5 cm³/mol. The van der Waals surface area contributed by atoms with Crippen molar-refractivity contribution < 1.29 is 19.1 Å². The zero-order valence-electron chi connectivity index (χ0n) is 13.8. The maximum Gasteiger partial charge on any atom is 0.333 e. The van der Waals surface area contributed by atoms with Crippen LogP contribution in [-0.2, 0) is 16.0 Å². The highest BCUT2D eigenvalue weighted by molar-refractivity contribution is 6.34. The quantitative estimate of drug-likeness (QED) is 0.478. The van der Waals surface area contributed by atoms with Gasteiger partial charge in [-0.1, -0.05) is 30.8 Å². The molecule has 1 aliphatic heterocycles. The van der Waals surface area contributed by atoms with Crippen LogP contribution >= 0.6 is 0 Å². The van der Waals surface area contributed by atoms with E-state index in [2.05, 4.69) is 6.58 Å². The van der Waals surface area contributed by atoms with E-state index < -0.39 is 5.97 Å². The standard InChI is InChI=1S/C20H17NO4/c1-13(2)20(24)25-12-11-14-7-9-15(10-8-14)21-18(22)16-5-3-4-6-17(16)19(21)23/h3-10H,1,11-12H2,2H3. The van der Waals surface area contributed by atoms with Gasteiger partial charge in [-0.2, -0.15) is 0 Å². The predicted octanol–water partition coefficient (Wildman–Crippen LogP) is 3.15. The highest BCUT2D eigenvalue weighted by Gasteiger charge is 2.36. The Kier molecular flexibility index (Phi) is 4.48. The van der Waals surface area contributed by atoms with Crippen LogP contribution in [-0.4, -0.2) is 24.4 Å². The first-order valence-corrected chi connectivity index (χ1v) is 7.88. The Morgan fingerprint density at radius 1 is 1.00 bits per heavy atom. The molecule has 0 saturated heterocycles. The van der Waals surface area contributed by atoms with Crippen molar-refractivity contribution in [2.45, 2.75) is 13.3 Å². The lowest BCUT2D eigenvalue weighted by Gasteiger charge is -2.14. The number of nitrogens with zero attached hydrogens (tertiary/aromatic N) is 1. The normalized spacial score (nSPS) is 12.9. The molecule has 0 saturated carbocycles. The summed E-state index contributed by atoms with van der Waals surface area (Å²) in [6.07, 6.45) is 0.543.